The Morgan fingerprint density at radius 3 is 2.50 bits per heavy atom. The van der Waals surface area contributed by atoms with Crippen LogP contribution in [0.4, 0.5) is 0 Å². The van der Waals surface area contributed by atoms with E-state index in [9.17, 15) is 0 Å². The molecule has 1 aromatic heterocycles. The number of benzene rings is 2. The molecule has 1 aliphatic rings. The van der Waals surface area contributed by atoms with Crippen LogP contribution in [0.1, 0.15) is 5.56 Å². The lowest BCUT2D eigenvalue weighted by molar-refractivity contribution is 0.148. The maximum absolute atomic E-state index is 6.05. The molecule has 3 aromatic rings. The van der Waals surface area contributed by atoms with E-state index in [1.54, 1.807) is 0 Å². The molecule has 0 bridgehead atoms. The molecule has 0 saturated carbocycles. The van der Waals surface area contributed by atoms with E-state index in [0.717, 1.165) is 54.3 Å². The number of likely N-dealkylation sites (N-methyl/N-ethyl adjacent to an activating group) is 1. The van der Waals surface area contributed by atoms with E-state index in [4.69, 9.17) is 11.6 Å². The molecule has 0 aliphatic carbocycles. The van der Waals surface area contributed by atoms with Crippen LogP contribution in [-0.4, -0.2) is 52.8 Å². The Morgan fingerprint density at radius 1 is 1.00 bits per heavy atom. The van der Waals surface area contributed by atoms with Crippen molar-refractivity contribution >= 4 is 22.5 Å². The van der Waals surface area contributed by atoms with Gasteiger partial charge in [-0.2, -0.15) is 5.10 Å². The quantitative estimate of drug-likeness (QED) is 0.730. The van der Waals surface area contributed by atoms with Gasteiger partial charge < -0.3 is 4.90 Å². The van der Waals surface area contributed by atoms with Crippen molar-refractivity contribution in [2.45, 2.75) is 6.54 Å². The van der Waals surface area contributed by atoms with Crippen LogP contribution in [-0.2, 0) is 6.54 Å². The summed E-state index contributed by atoms with van der Waals surface area (Å²) in [5.41, 5.74) is 3.38. The molecule has 2 heterocycles. The Hall–Kier alpha value is -1.88. The van der Waals surface area contributed by atoms with E-state index in [1.165, 1.54) is 5.56 Å². The molecule has 4 nitrogen and oxygen atoms in total. The van der Waals surface area contributed by atoms with E-state index in [-0.39, 0.29) is 0 Å². The molecular formula is C19H21ClN4. The summed E-state index contributed by atoms with van der Waals surface area (Å²) in [6.45, 7) is 5.61. The molecule has 0 spiro atoms. The smallest absolute Gasteiger partial charge is 0.0928 e. The molecule has 0 radical (unpaired) electrons. The molecule has 0 unspecified atom stereocenters. The summed E-state index contributed by atoms with van der Waals surface area (Å²) >= 11 is 6.05. The standard InChI is InChI=1S/C19H21ClN4/c1-22-8-10-23(11-9-22)13-15-2-5-18(6-3-15)24-14-16-12-17(20)4-7-19(16)21-24/h2-7,12,14H,8-11,13H2,1H3. The summed E-state index contributed by atoms with van der Waals surface area (Å²) in [5.74, 6) is 0. The zero-order chi connectivity index (χ0) is 16.5. The maximum atomic E-state index is 6.05. The molecule has 0 amide bonds. The molecule has 1 aliphatic heterocycles. The average Bonchev–Trinajstić information content (AvgIpc) is 3.01. The first kappa shape index (κ1) is 15.6. The lowest BCUT2D eigenvalue weighted by atomic mass is 10.2. The number of halogens is 1. The zero-order valence-corrected chi connectivity index (χ0v) is 14.6. The van der Waals surface area contributed by atoms with Crippen molar-refractivity contribution in [2.75, 3.05) is 33.2 Å². The Kier molecular flexibility index (Phi) is 4.27. The van der Waals surface area contributed by atoms with Crippen molar-refractivity contribution in [1.82, 2.24) is 19.6 Å². The molecule has 0 atom stereocenters. The molecule has 1 fully saturated rings. The molecular weight excluding hydrogens is 320 g/mol. The van der Waals surface area contributed by atoms with E-state index in [1.807, 2.05) is 29.1 Å². The van der Waals surface area contributed by atoms with Crippen LogP contribution in [0.25, 0.3) is 16.6 Å². The minimum atomic E-state index is 0.740. The van der Waals surface area contributed by atoms with Crippen molar-refractivity contribution in [1.29, 1.82) is 0 Å². The van der Waals surface area contributed by atoms with Crippen LogP contribution in [0.5, 0.6) is 0 Å². The van der Waals surface area contributed by atoms with Gasteiger partial charge in [0.15, 0.2) is 0 Å². The Labute approximate surface area is 147 Å². The maximum Gasteiger partial charge on any atom is 0.0928 e. The highest BCUT2D eigenvalue weighted by atomic mass is 35.5. The Balaban J connectivity index is 1.50. The Morgan fingerprint density at radius 2 is 1.75 bits per heavy atom. The van der Waals surface area contributed by atoms with E-state index >= 15 is 0 Å². The first-order chi connectivity index (χ1) is 11.7. The topological polar surface area (TPSA) is 24.3 Å². The van der Waals surface area contributed by atoms with Gasteiger partial charge in [0.05, 0.1) is 11.2 Å². The third kappa shape index (κ3) is 3.31. The van der Waals surface area contributed by atoms with Crippen LogP contribution in [0.15, 0.2) is 48.7 Å². The minimum Gasteiger partial charge on any atom is -0.304 e. The van der Waals surface area contributed by atoms with Gasteiger partial charge in [0.25, 0.3) is 0 Å². The lowest BCUT2D eigenvalue weighted by Crippen LogP contribution is -2.43. The van der Waals surface area contributed by atoms with Gasteiger partial charge >= 0.3 is 0 Å². The predicted octanol–water partition coefficient (Wildman–Crippen LogP) is 3.43. The van der Waals surface area contributed by atoms with Gasteiger partial charge in [-0.3, -0.25) is 4.90 Å². The largest absolute Gasteiger partial charge is 0.304 e. The summed E-state index contributed by atoms with van der Waals surface area (Å²) in [6, 6.07) is 14.5. The second-order valence-corrected chi connectivity index (χ2v) is 6.96. The Bertz CT molecular complexity index is 832. The fourth-order valence-corrected chi connectivity index (χ4v) is 3.33. The second kappa shape index (κ2) is 6.55. The number of hydrogen-bond donors (Lipinski definition) is 0. The molecule has 24 heavy (non-hydrogen) atoms. The molecule has 1 saturated heterocycles. The normalized spacial score (nSPS) is 16.8. The van der Waals surface area contributed by atoms with Crippen LogP contribution in [0.2, 0.25) is 5.02 Å². The number of nitrogens with zero attached hydrogens (tertiary/aromatic N) is 4. The molecule has 124 valence electrons. The summed E-state index contributed by atoms with van der Waals surface area (Å²) in [6.07, 6.45) is 2.02. The van der Waals surface area contributed by atoms with Crippen molar-refractivity contribution in [3.05, 3.63) is 59.2 Å². The first-order valence-electron chi connectivity index (χ1n) is 8.32. The molecule has 4 rings (SSSR count). The number of piperazine rings is 1. The highest BCUT2D eigenvalue weighted by Gasteiger charge is 2.13. The highest BCUT2D eigenvalue weighted by molar-refractivity contribution is 6.31. The predicted molar refractivity (Wildman–Crippen MR) is 98.9 cm³/mol. The van der Waals surface area contributed by atoms with E-state index < -0.39 is 0 Å². The third-order valence-electron chi connectivity index (χ3n) is 4.67. The van der Waals surface area contributed by atoms with Crippen LogP contribution in [0.3, 0.4) is 0 Å². The minimum absolute atomic E-state index is 0.740. The van der Waals surface area contributed by atoms with Crippen LogP contribution in [0, 0.1) is 0 Å². The second-order valence-electron chi connectivity index (χ2n) is 6.52. The van der Waals surface area contributed by atoms with Crippen molar-refractivity contribution < 1.29 is 0 Å². The summed E-state index contributed by atoms with van der Waals surface area (Å²) < 4.78 is 1.92. The van der Waals surface area contributed by atoms with Crippen molar-refractivity contribution in [3.63, 3.8) is 0 Å². The summed E-state index contributed by atoms with van der Waals surface area (Å²) in [5, 5.41) is 6.42. The fraction of sp³-hybridized carbons (Fsp3) is 0.316. The fourth-order valence-electron chi connectivity index (χ4n) is 3.15. The first-order valence-corrected chi connectivity index (χ1v) is 8.70. The number of fused-ring (bicyclic) bond motifs is 1. The van der Waals surface area contributed by atoms with Gasteiger partial charge in [-0.05, 0) is 42.9 Å². The van der Waals surface area contributed by atoms with Gasteiger partial charge in [-0.1, -0.05) is 23.7 Å². The van der Waals surface area contributed by atoms with E-state index in [2.05, 4.69) is 46.2 Å². The summed E-state index contributed by atoms with van der Waals surface area (Å²) in [4.78, 5) is 4.90. The van der Waals surface area contributed by atoms with Gasteiger partial charge in [0.1, 0.15) is 0 Å². The van der Waals surface area contributed by atoms with Gasteiger partial charge in [-0.15, -0.1) is 0 Å². The van der Waals surface area contributed by atoms with Gasteiger partial charge in [0, 0.05) is 49.3 Å². The molecule has 2 aromatic carbocycles. The SMILES string of the molecule is CN1CCN(Cc2ccc(-n3cc4cc(Cl)ccc4n3)cc2)CC1. The van der Waals surface area contributed by atoms with E-state index in [0.29, 0.717) is 0 Å². The number of rotatable bonds is 3. The molecule has 0 N–H and O–H groups in total. The highest BCUT2D eigenvalue weighted by Crippen LogP contribution is 2.20. The van der Waals surface area contributed by atoms with Crippen LogP contribution < -0.4 is 0 Å². The van der Waals surface area contributed by atoms with Crippen molar-refractivity contribution in [2.24, 2.45) is 0 Å². The van der Waals surface area contributed by atoms with Crippen molar-refractivity contribution in [3.8, 4) is 5.69 Å². The monoisotopic (exact) mass is 340 g/mol. The van der Waals surface area contributed by atoms with Gasteiger partial charge in [0.2, 0.25) is 0 Å². The summed E-state index contributed by atoms with van der Waals surface area (Å²) in [7, 11) is 2.19. The zero-order valence-electron chi connectivity index (χ0n) is 13.8. The van der Waals surface area contributed by atoms with Gasteiger partial charge in [-0.25, -0.2) is 4.68 Å². The average molecular weight is 341 g/mol. The molecule has 5 heteroatoms. The number of hydrogen-bond acceptors (Lipinski definition) is 3. The lowest BCUT2D eigenvalue weighted by Gasteiger charge is -2.32. The number of aromatic nitrogens is 2. The third-order valence-corrected chi connectivity index (χ3v) is 4.90. The van der Waals surface area contributed by atoms with Crippen LogP contribution >= 0.6 is 11.6 Å².